The van der Waals surface area contributed by atoms with Crippen molar-refractivity contribution in [1.82, 2.24) is 14.5 Å². The molecule has 8 nitrogen and oxygen atoms in total. The zero-order valence-corrected chi connectivity index (χ0v) is 12.9. The van der Waals surface area contributed by atoms with Crippen LogP contribution in [0.4, 0.5) is 0 Å². The molecule has 0 saturated heterocycles. The highest BCUT2D eigenvalue weighted by molar-refractivity contribution is 5.82. The van der Waals surface area contributed by atoms with Crippen LogP contribution in [-0.4, -0.2) is 34.7 Å². The fraction of sp³-hybridized carbons (Fsp3) is 0.333. The molecule has 2 aromatic rings. The number of benzene rings is 1. The summed E-state index contributed by atoms with van der Waals surface area (Å²) in [7, 11) is 1.20. The van der Waals surface area contributed by atoms with E-state index in [1.807, 2.05) is 0 Å². The van der Waals surface area contributed by atoms with Gasteiger partial charge in [-0.15, -0.1) is 0 Å². The molecule has 0 radical (unpaired) electrons. The molecule has 0 aliphatic heterocycles. The number of nitrogens with one attached hydrogen (secondary N) is 1. The number of aromatic nitrogens is 2. The van der Waals surface area contributed by atoms with Crippen LogP contribution >= 0.6 is 0 Å². The summed E-state index contributed by atoms with van der Waals surface area (Å²) in [5, 5.41) is 2.66. The molecular weight excluding hydrogens is 302 g/mol. The van der Waals surface area contributed by atoms with Gasteiger partial charge in [-0.3, -0.25) is 23.5 Å². The number of para-hydroxylation sites is 1. The third-order valence-corrected chi connectivity index (χ3v) is 3.41. The van der Waals surface area contributed by atoms with Crippen LogP contribution in [0, 0.1) is 0 Å². The summed E-state index contributed by atoms with van der Waals surface area (Å²) in [6.45, 7) is 1.36. The van der Waals surface area contributed by atoms with Crippen LogP contribution in [-0.2, 0) is 27.4 Å². The maximum absolute atomic E-state index is 12.4. The number of aryl methyl sites for hydroxylation is 1. The lowest BCUT2D eigenvalue weighted by atomic mass is 10.2. The fourth-order valence-electron chi connectivity index (χ4n) is 2.26. The van der Waals surface area contributed by atoms with Crippen LogP contribution < -0.4 is 16.6 Å². The minimum absolute atomic E-state index is 0.320. The zero-order chi connectivity index (χ0) is 17.0. The Morgan fingerprint density at radius 1 is 1.17 bits per heavy atom. The molecule has 0 spiro atoms. The van der Waals surface area contributed by atoms with Gasteiger partial charge in [-0.25, -0.2) is 4.79 Å². The average molecular weight is 319 g/mol. The van der Waals surface area contributed by atoms with E-state index in [2.05, 4.69) is 10.1 Å². The van der Waals surface area contributed by atoms with Crippen molar-refractivity contribution in [3.05, 3.63) is 45.1 Å². The van der Waals surface area contributed by atoms with Crippen LogP contribution in [0.3, 0.4) is 0 Å². The van der Waals surface area contributed by atoms with Gasteiger partial charge in [0.2, 0.25) is 5.91 Å². The first kappa shape index (κ1) is 16.5. The Morgan fingerprint density at radius 2 is 1.87 bits per heavy atom. The van der Waals surface area contributed by atoms with E-state index in [-0.39, 0.29) is 6.54 Å². The molecule has 1 N–H and O–H groups in total. The quantitative estimate of drug-likeness (QED) is 0.747. The molecule has 0 saturated carbocycles. The van der Waals surface area contributed by atoms with E-state index in [1.165, 1.54) is 11.7 Å². The second-order valence-electron chi connectivity index (χ2n) is 4.79. The number of hydrogen-bond acceptors (Lipinski definition) is 5. The van der Waals surface area contributed by atoms with Gasteiger partial charge in [0.1, 0.15) is 13.1 Å². The van der Waals surface area contributed by atoms with Gasteiger partial charge in [0.15, 0.2) is 0 Å². The highest BCUT2D eigenvalue weighted by atomic mass is 16.5. The van der Waals surface area contributed by atoms with Gasteiger partial charge >= 0.3 is 11.7 Å². The van der Waals surface area contributed by atoms with Crippen LogP contribution in [0.1, 0.15) is 6.92 Å². The van der Waals surface area contributed by atoms with E-state index < -0.39 is 29.7 Å². The van der Waals surface area contributed by atoms with Crippen molar-refractivity contribution in [3.8, 4) is 0 Å². The molecule has 0 unspecified atom stereocenters. The number of amides is 1. The number of ether oxygens (including phenoxy) is 1. The molecular formula is C15H17N3O5. The van der Waals surface area contributed by atoms with E-state index >= 15 is 0 Å². The van der Waals surface area contributed by atoms with Crippen molar-refractivity contribution in [1.29, 1.82) is 0 Å². The lowest BCUT2D eigenvalue weighted by Crippen LogP contribution is -2.44. The summed E-state index contributed by atoms with van der Waals surface area (Å²) >= 11 is 0. The van der Waals surface area contributed by atoms with Gasteiger partial charge in [0.05, 0.1) is 18.0 Å². The lowest BCUT2D eigenvalue weighted by Gasteiger charge is -2.12. The average Bonchev–Trinajstić information content (AvgIpc) is 2.57. The summed E-state index contributed by atoms with van der Waals surface area (Å²) in [4.78, 5) is 47.7. The predicted molar refractivity (Wildman–Crippen MR) is 83.2 cm³/mol. The SMILES string of the molecule is CCn1c(=O)n(CC(=O)NCC(=O)OC)c(=O)c2ccccc21. The smallest absolute Gasteiger partial charge is 0.331 e. The summed E-state index contributed by atoms with van der Waals surface area (Å²) in [6.07, 6.45) is 0. The molecule has 0 bridgehead atoms. The van der Waals surface area contributed by atoms with E-state index in [4.69, 9.17) is 0 Å². The molecule has 1 amide bonds. The fourth-order valence-corrected chi connectivity index (χ4v) is 2.26. The third kappa shape index (κ3) is 3.31. The number of hydrogen-bond donors (Lipinski definition) is 1. The molecule has 0 fully saturated rings. The van der Waals surface area contributed by atoms with E-state index in [9.17, 15) is 19.2 Å². The topological polar surface area (TPSA) is 99.4 Å². The van der Waals surface area contributed by atoms with Crippen molar-refractivity contribution in [2.45, 2.75) is 20.0 Å². The van der Waals surface area contributed by atoms with Gasteiger partial charge in [-0.1, -0.05) is 12.1 Å². The van der Waals surface area contributed by atoms with Gasteiger partial charge in [-0.2, -0.15) is 0 Å². The van der Waals surface area contributed by atoms with Crippen molar-refractivity contribution < 1.29 is 14.3 Å². The lowest BCUT2D eigenvalue weighted by molar-refractivity contribution is -0.141. The first-order chi connectivity index (χ1) is 11.0. The number of rotatable bonds is 5. The zero-order valence-electron chi connectivity index (χ0n) is 12.9. The summed E-state index contributed by atoms with van der Waals surface area (Å²) in [6, 6.07) is 6.71. The number of esters is 1. The van der Waals surface area contributed by atoms with Crippen LogP contribution in [0.25, 0.3) is 10.9 Å². The molecule has 1 heterocycles. The summed E-state index contributed by atoms with van der Waals surface area (Å²) < 4.78 is 6.68. The number of carbonyl (C=O) groups excluding carboxylic acids is 2. The molecule has 122 valence electrons. The summed E-state index contributed by atoms with van der Waals surface area (Å²) in [5.74, 6) is -1.23. The largest absolute Gasteiger partial charge is 0.468 e. The van der Waals surface area contributed by atoms with Crippen LogP contribution in [0.2, 0.25) is 0 Å². The molecule has 1 aromatic carbocycles. The van der Waals surface area contributed by atoms with E-state index in [1.54, 1.807) is 31.2 Å². The Hall–Kier alpha value is -2.90. The minimum atomic E-state index is -0.618. The van der Waals surface area contributed by atoms with Gasteiger partial charge in [-0.05, 0) is 19.1 Å². The van der Waals surface area contributed by atoms with Gasteiger partial charge in [0.25, 0.3) is 5.56 Å². The highest BCUT2D eigenvalue weighted by Crippen LogP contribution is 2.06. The first-order valence-electron chi connectivity index (χ1n) is 7.05. The normalized spacial score (nSPS) is 10.5. The molecule has 0 aliphatic carbocycles. The van der Waals surface area contributed by atoms with Crippen molar-refractivity contribution in [2.75, 3.05) is 13.7 Å². The molecule has 8 heteroatoms. The Kier molecular flexibility index (Phi) is 4.95. The van der Waals surface area contributed by atoms with Crippen molar-refractivity contribution in [2.24, 2.45) is 0 Å². The Morgan fingerprint density at radius 3 is 2.52 bits per heavy atom. The number of nitrogens with zero attached hydrogens (tertiary/aromatic N) is 2. The van der Waals surface area contributed by atoms with Crippen molar-refractivity contribution in [3.63, 3.8) is 0 Å². The van der Waals surface area contributed by atoms with E-state index in [0.29, 0.717) is 17.4 Å². The maximum atomic E-state index is 12.4. The van der Waals surface area contributed by atoms with E-state index in [0.717, 1.165) is 4.57 Å². The molecule has 23 heavy (non-hydrogen) atoms. The Labute approximate surface area is 131 Å². The predicted octanol–water partition coefficient (Wildman–Crippen LogP) is -0.528. The number of fused-ring (bicyclic) bond motifs is 1. The molecule has 2 rings (SSSR count). The third-order valence-electron chi connectivity index (χ3n) is 3.41. The number of carbonyl (C=O) groups is 2. The highest BCUT2D eigenvalue weighted by Gasteiger charge is 2.15. The molecule has 0 atom stereocenters. The Bertz CT molecular complexity index is 866. The molecule has 0 aliphatic rings. The van der Waals surface area contributed by atoms with Crippen LogP contribution in [0.15, 0.2) is 33.9 Å². The maximum Gasteiger partial charge on any atom is 0.331 e. The standard InChI is InChI=1S/C15H17N3O5/c1-3-17-11-7-5-4-6-10(11)14(21)18(15(17)22)9-12(19)16-8-13(20)23-2/h4-7H,3,8-9H2,1-2H3,(H,16,19). The Balaban J connectivity index is 2.41. The van der Waals surface area contributed by atoms with Crippen molar-refractivity contribution >= 4 is 22.8 Å². The second-order valence-corrected chi connectivity index (χ2v) is 4.79. The van der Waals surface area contributed by atoms with Crippen LogP contribution in [0.5, 0.6) is 0 Å². The van der Waals surface area contributed by atoms with Gasteiger partial charge < -0.3 is 10.1 Å². The second kappa shape index (κ2) is 6.91. The molecule has 1 aromatic heterocycles. The summed E-state index contributed by atoms with van der Waals surface area (Å²) in [5.41, 5.74) is -0.579. The number of methoxy groups -OCH3 is 1. The monoisotopic (exact) mass is 319 g/mol. The van der Waals surface area contributed by atoms with Gasteiger partial charge in [0, 0.05) is 6.54 Å². The first-order valence-corrected chi connectivity index (χ1v) is 7.05. The minimum Gasteiger partial charge on any atom is -0.468 e.